The van der Waals surface area contributed by atoms with Crippen LogP contribution in [0, 0.1) is 0 Å². The Balaban J connectivity index is 1.71. The van der Waals surface area contributed by atoms with Crippen molar-refractivity contribution >= 4 is 11.9 Å². The number of nitrogens with zero attached hydrogens (tertiary/aromatic N) is 2. The second-order valence-electron chi connectivity index (χ2n) is 5.04. The summed E-state index contributed by atoms with van der Waals surface area (Å²) in [6.07, 6.45) is 3.82. The molecule has 2 N–H and O–H groups in total. The molecule has 20 heavy (non-hydrogen) atoms. The number of hydrogen-bond acceptors (Lipinski definition) is 6. The molecule has 0 radical (unpaired) electrons. The number of anilines is 1. The molecule has 1 saturated heterocycles. The molecule has 7 nitrogen and oxygen atoms in total. The van der Waals surface area contributed by atoms with Gasteiger partial charge in [0.15, 0.2) is 6.10 Å². The average Bonchev–Trinajstić information content (AvgIpc) is 2.47. The molecule has 2 aliphatic heterocycles. The van der Waals surface area contributed by atoms with Crippen LogP contribution in [0.5, 0.6) is 5.88 Å². The number of fused-ring (bicyclic) bond motifs is 1. The number of carbonyl (C=O) groups is 1. The Morgan fingerprint density at radius 3 is 2.90 bits per heavy atom. The standard InChI is InChI=1S/C13H17N3O4/c17-12(18)10-2-1-8-7-14-13(16-11(8)20-10)15-9-3-5-19-6-4-9/h7,9-10H,1-6H2,(H,17,18)(H,14,15,16). The number of aryl methyl sites for hydroxylation is 1. The van der Waals surface area contributed by atoms with E-state index in [1.165, 1.54) is 0 Å². The van der Waals surface area contributed by atoms with Crippen molar-refractivity contribution in [3.8, 4) is 5.88 Å². The van der Waals surface area contributed by atoms with Crippen molar-refractivity contribution in [2.75, 3.05) is 18.5 Å². The fraction of sp³-hybridized carbons (Fsp3) is 0.615. The van der Waals surface area contributed by atoms with E-state index in [4.69, 9.17) is 14.6 Å². The minimum atomic E-state index is -0.951. The van der Waals surface area contributed by atoms with Crippen molar-refractivity contribution in [3.63, 3.8) is 0 Å². The molecule has 3 heterocycles. The molecule has 0 bridgehead atoms. The molecular weight excluding hydrogens is 262 g/mol. The van der Waals surface area contributed by atoms with Gasteiger partial charge in [0.1, 0.15) is 0 Å². The number of ether oxygens (including phenoxy) is 2. The maximum Gasteiger partial charge on any atom is 0.344 e. The molecule has 3 rings (SSSR count). The third-order valence-corrected chi connectivity index (χ3v) is 3.58. The number of hydrogen-bond donors (Lipinski definition) is 2. The Morgan fingerprint density at radius 2 is 2.15 bits per heavy atom. The largest absolute Gasteiger partial charge is 0.479 e. The van der Waals surface area contributed by atoms with E-state index in [-0.39, 0.29) is 0 Å². The van der Waals surface area contributed by atoms with Crippen LogP contribution in [0.3, 0.4) is 0 Å². The minimum Gasteiger partial charge on any atom is -0.479 e. The minimum absolute atomic E-state index is 0.292. The zero-order valence-electron chi connectivity index (χ0n) is 11.0. The summed E-state index contributed by atoms with van der Waals surface area (Å²) in [7, 11) is 0. The van der Waals surface area contributed by atoms with Crippen molar-refractivity contribution in [1.82, 2.24) is 9.97 Å². The molecule has 0 saturated carbocycles. The average molecular weight is 279 g/mol. The lowest BCUT2D eigenvalue weighted by Gasteiger charge is -2.25. The third kappa shape index (κ3) is 2.82. The highest BCUT2D eigenvalue weighted by Gasteiger charge is 2.27. The van der Waals surface area contributed by atoms with Crippen LogP contribution in [0.15, 0.2) is 6.20 Å². The summed E-state index contributed by atoms with van der Waals surface area (Å²) in [5.74, 6) is -0.0805. The monoisotopic (exact) mass is 279 g/mol. The van der Waals surface area contributed by atoms with E-state index in [2.05, 4.69) is 15.3 Å². The van der Waals surface area contributed by atoms with E-state index in [1.54, 1.807) is 6.20 Å². The molecule has 1 fully saturated rings. The zero-order chi connectivity index (χ0) is 13.9. The van der Waals surface area contributed by atoms with Gasteiger partial charge in [0, 0.05) is 31.0 Å². The van der Waals surface area contributed by atoms with Crippen LogP contribution < -0.4 is 10.1 Å². The SMILES string of the molecule is O=C(O)C1CCc2cnc(NC3CCOCC3)nc2O1. The van der Waals surface area contributed by atoms with E-state index >= 15 is 0 Å². The van der Waals surface area contributed by atoms with Crippen LogP contribution in [0.25, 0.3) is 0 Å². The van der Waals surface area contributed by atoms with Gasteiger partial charge in [-0.25, -0.2) is 9.78 Å². The number of carboxylic acids is 1. The van der Waals surface area contributed by atoms with Gasteiger partial charge in [0.2, 0.25) is 11.8 Å². The van der Waals surface area contributed by atoms with Crippen molar-refractivity contribution in [2.45, 2.75) is 37.8 Å². The van der Waals surface area contributed by atoms with Gasteiger partial charge in [-0.05, 0) is 25.7 Å². The molecule has 1 aromatic heterocycles. The molecule has 108 valence electrons. The van der Waals surface area contributed by atoms with Crippen LogP contribution >= 0.6 is 0 Å². The first-order valence-corrected chi connectivity index (χ1v) is 6.82. The Labute approximate surface area is 116 Å². The molecule has 1 atom stereocenters. The highest BCUT2D eigenvalue weighted by Crippen LogP contribution is 2.26. The molecule has 2 aliphatic rings. The Morgan fingerprint density at radius 1 is 1.35 bits per heavy atom. The van der Waals surface area contributed by atoms with Gasteiger partial charge in [-0.1, -0.05) is 0 Å². The maximum atomic E-state index is 11.0. The van der Waals surface area contributed by atoms with E-state index in [9.17, 15) is 4.79 Å². The van der Waals surface area contributed by atoms with Crippen LogP contribution in [0.1, 0.15) is 24.8 Å². The summed E-state index contributed by atoms with van der Waals surface area (Å²) in [5, 5.41) is 12.2. The van der Waals surface area contributed by atoms with Gasteiger partial charge in [-0.15, -0.1) is 0 Å². The second kappa shape index (κ2) is 5.62. The predicted octanol–water partition coefficient (Wildman–Crippen LogP) is 0.846. The number of nitrogens with one attached hydrogen (secondary N) is 1. The Bertz CT molecular complexity index is 502. The summed E-state index contributed by atoms with van der Waals surface area (Å²) < 4.78 is 10.7. The van der Waals surface area contributed by atoms with Gasteiger partial charge < -0.3 is 19.9 Å². The lowest BCUT2D eigenvalue weighted by Crippen LogP contribution is -2.32. The van der Waals surface area contributed by atoms with Crippen molar-refractivity contribution in [2.24, 2.45) is 0 Å². The van der Waals surface area contributed by atoms with E-state index in [1.807, 2.05) is 0 Å². The normalized spacial score (nSPS) is 22.7. The zero-order valence-corrected chi connectivity index (χ0v) is 11.0. The first-order chi connectivity index (χ1) is 9.72. The molecule has 7 heteroatoms. The van der Waals surface area contributed by atoms with Gasteiger partial charge in [-0.3, -0.25) is 0 Å². The van der Waals surface area contributed by atoms with Crippen molar-refractivity contribution < 1.29 is 19.4 Å². The van der Waals surface area contributed by atoms with Crippen LogP contribution in [0.4, 0.5) is 5.95 Å². The summed E-state index contributed by atoms with van der Waals surface area (Å²) in [4.78, 5) is 19.5. The molecule has 0 spiro atoms. The predicted molar refractivity (Wildman–Crippen MR) is 69.9 cm³/mol. The smallest absolute Gasteiger partial charge is 0.344 e. The molecule has 1 aromatic rings. The number of rotatable bonds is 3. The Kier molecular flexibility index (Phi) is 3.68. The lowest BCUT2D eigenvalue weighted by atomic mass is 10.1. The van der Waals surface area contributed by atoms with E-state index < -0.39 is 12.1 Å². The summed E-state index contributed by atoms with van der Waals surface area (Å²) in [5.41, 5.74) is 0.861. The maximum absolute atomic E-state index is 11.0. The van der Waals surface area contributed by atoms with Gasteiger partial charge in [0.05, 0.1) is 0 Å². The second-order valence-corrected chi connectivity index (χ2v) is 5.04. The number of aromatic nitrogens is 2. The van der Waals surface area contributed by atoms with Crippen LogP contribution in [-0.2, 0) is 16.0 Å². The first-order valence-electron chi connectivity index (χ1n) is 6.82. The fourth-order valence-electron chi connectivity index (χ4n) is 2.41. The summed E-state index contributed by atoms with van der Waals surface area (Å²) >= 11 is 0. The molecule has 1 unspecified atom stereocenters. The van der Waals surface area contributed by atoms with E-state index in [0.29, 0.717) is 30.7 Å². The van der Waals surface area contributed by atoms with Gasteiger partial charge >= 0.3 is 5.97 Å². The number of aliphatic carboxylic acids is 1. The highest BCUT2D eigenvalue weighted by atomic mass is 16.5. The quantitative estimate of drug-likeness (QED) is 0.847. The topological polar surface area (TPSA) is 93.6 Å². The summed E-state index contributed by atoms with van der Waals surface area (Å²) in [6, 6.07) is 0.292. The molecule has 0 amide bonds. The molecular formula is C13H17N3O4. The van der Waals surface area contributed by atoms with Crippen LogP contribution in [-0.4, -0.2) is 46.4 Å². The van der Waals surface area contributed by atoms with Crippen LogP contribution in [0.2, 0.25) is 0 Å². The highest BCUT2D eigenvalue weighted by molar-refractivity contribution is 5.73. The molecule has 0 aromatic carbocycles. The summed E-state index contributed by atoms with van der Waals surface area (Å²) in [6.45, 7) is 1.47. The van der Waals surface area contributed by atoms with Crippen molar-refractivity contribution in [1.29, 1.82) is 0 Å². The van der Waals surface area contributed by atoms with Crippen molar-refractivity contribution in [3.05, 3.63) is 11.8 Å². The van der Waals surface area contributed by atoms with Gasteiger partial charge in [0.25, 0.3) is 0 Å². The van der Waals surface area contributed by atoms with Gasteiger partial charge in [-0.2, -0.15) is 4.98 Å². The van der Waals surface area contributed by atoms with E-state index in [0.717, 1.165) is 31.6 Å². The Hall–Kier alpha value is -1.89. The first kappa shape index (κ1) is 13.1. The fourth-order valence-corrected chi connectivity index (χ4v) is 2.41. The number of carboxylic acid groups (broad SMARTS) is 1. The molecule has 0 aliphatic carbocycles. The third-order valence-electron chi connectivity index (χ3n) is 3.58. The lowest BCUT2D eigenvalue weighted by molar-refractivity contribution is -0.146.